The van der Waals surface area contributed by atoms with E-state index in [1.807, 2.05) is 6.92 Å². The van der Waals surface area contributed by atoms with Crippen molar-refractivity contribution in [2.75, 3.05) is 6.61 Å². The molecule has 5 nitrogen and oxygen atoms in total. The van der Waals surface area contributed by atoms with Crippen LogP contribution >= 0.6 is 18.1 Å². The minimum absolute atomic E-state index is 0.0956. The van der Waals surface area contributed by atoms with Crippen LogP contribution in [-0.4, -0.2) is 6.61 Å². The largest absolute Gasteiger partial charge is 0.454 e. The normalized spacial score (nSPS) is 13.1. The summed E-state index contributed by atoms with van der Waals surface area (Å²) >= 11 is 11.7. The molecule has 0 fully saturated rings. The third kappa shape index (κ3) is 3.62. The fourth-order valence-electron chi connectivity index (χ4n) is 3.11. The second-order valence-corrected chi connectivity index (χ2v) is 10.2. The van der Waals surface area contributed by atoms with Crippen molar-refractivity contribution in [2.24, 2.45) is 0 Å². The first-order valence-corrected chi connectivity index (χ1v) is 12.1. The van der Waals surface area contributed by atoms with Crippen molar-refractivity contribution in [3.8, 4) is 11.8 Å². The van der Waals surface area contributed by atoms with Gasteiger partial charge in [0.2, 0.25) is 5.43 Å². The molecule has 0 aliphatic carbocycles. The summed E-state index contributed by atoms with van der Waals surface area (Å²) < 4.78 is 17.9. The zero-order chi connectivity index (χ0) is 21.3. The van der Waals surface area contributed by atoms with Crippen LogP contribution in [0.15, 0.2) is 69.9 Å². The van der Waals surface area contributed by atoms with Gasteiger partial charge in [0.1, 0.15) is 23.0 Å². The van der Waals surface area contributed by atoms with Crippen LogP contribution < -0.4 is 15.3 Å². The zero-order valence-corrected chi connectivity index (χ0v) is 18.3. The molecule has 0 bridgehead atoms. The summed E-state index contributed by atoms with van der Waals surface area (Å²) in [5.41, 5.74) is 0.438. The molecule has 0 spiro atoms. The van der Waals surface area contributed by atoms with E-state index in [4.69, 9.17) is 36.9 Å². The van der Waals surface area contributed by atoms with Crippen LogP contribution in [0.4, 0.5) is 0 Å². The van der Waals surface area contributed by atoms with Crippen LogP contribution in [0.2, 0.25) is 5.02 Å². The number of para-hydroxylation sites is 1. The molecule has 0 saturated heterocycles. The number of nitriles is 1. The third-order valence-electron chi connectivity index (χ3n) is 4.48. The fraction of sp³-hybridized carbons (Fsp3) is 0.0909. The van der Waals surface area contributed by atoms with E-state index >= 15 is 0 Å². The molecule has 0 aliphatic heterocycles. The molecule has 1 heterocycles. The van der Waals surface area contributed by atoms with Crippen LogP contribution in [0, 0.1) is 11.3 Å². The lowest BCUT2D eigenvalue weighted by Gasteiger charge is -2.23. The molecule has 0 saturated carbocycles. The van der Waals surface area contributed by atoms with Crippen LogP contribution in [0.1, 0.15) is 12.5 Å². The molecule has 4 aromatic rings. The Morgan fingerprint density at radius 3 is 2.53 bits per heavy atom. The van der Waals surface area contributed by atoms with E-state index in [0.717, 1.165) is 0 Å². The van der Waals surface area contributed by atoms with Gasteiger partial charge in [0, 0.05) is 10.3 Å². The number of fused-ring (bicyclic) bond motifs is 2. The molecule has 0 N–H and O–H groups in total. The Kier molecular flexibility index (Phi) is 5.64. The summed E-state index contributed by atoms with van der Waals surface area (Å²) in [6.07, 6.45) is 0. The minimum atomic E-state index is -2.99. The Morgan fingerprint density at radius 2 is 1.83 bits per heavy atom. The summed E-state index contributed by atoms with van der Waals surface area (Å²) in [5.74, 6) is 0.204. The summed E-state index contributed by atoms with van der Waals surface area (Å²) in [4.78, 5) is 12.8. The first kappa shape index (κ1) is 20.6. The molecule has 1 aromatic heterocycles. The highest BCUT2D eigenvalue weighted by atomic mass is 35.5. The van der Waals surface area contributed by atoms with Gasteiger partial charge in [-0.05, 0) is 67.3 Å². The summed E-state index contributed by atoms with van der Waals surface area (Å²) in [5, 5.41) is 11.8. The first-order valence-electron chi connectivity index (χ1n) is 9.06. The van der Waals surface area contributed by atoms with Crippen molar-refractivity contribution >= 4 is 57.1 Å². The highest BCUT2D eigenvalue weighted by Gasteiger charge is 2.26. The predicted octanol–water partition coefficient (Wildman–Crippen LogP) is 5.52. The quantitative estimate of drug-likeness (QED) is 0.291. The van der Waals surface area contributed by atoms with Gasteiger partial charge in [-0.25, -0.2) is 0 Å². The van der Waals surface area contributed by atoms with Crippen molar-refractivity contribution < 1.29 is 13.5 Å². The lowest BCUT2D eigenvalue weighted by atomic mass is 10.1. The molecule has 4 rings (SSSR count). The van der Waals surface area contributed by atoms with Crippen molar-refractivity contribution in [2.45, 2.75) is 6.92 Å². The maximum Gasteiger partial charge on any atom is 0.269 e. The van der Waals surface area contributed by atoms with Crippen LogP contribution in [-0.2, 0) is 16.3 Å². The number of nitrogens with zero attached hydrogens (tertiary/aromatic N) is 1. The predicted molar refractivity (Wildman–Crippen MR) is 122 cm³/mol. The summed E-state index contributed by atoms with van der Waals surface area (Å²) in [6.45, 7) is -0.843. The topological polar surface area (TPSA) is 72.5 Å². The van der Waals surface area contributed by atoms with Gasteiger partial charge in [0.25, 0.3) is 6.49 Å². The molecule has 1 unspecified atom stereocenters. The Morgan fingerprint density at radius 1 is 1.10 bits per heavy atom. The maximum absolute atomic E-state index is 12.8. The average molecular weight is 456 g/mol. The van der Waals surface area contributed by atoms with Crippen LogP contribution in [0.25, 0.3) is 21.9 Å². The van der Waals surface area contributed by atoms with Gasteiger partial charge in [-0.2, -0.15) is 5.26 Å². The van der Waals surface area contributed by atoms with Crippen molar-refractivity contribution in [1.29, 1.82) is 5.26 Å². The van der Waals surface area contributed by atoms with E-state index < -0.39 is 6.49 Å². The maximum atomic E-state index is 12.8. The van der Waals surface area contributed by atoms with E-state index in [2.05, 4.69) is 6.07 Å². The number of hydrogen-bond donors (Lipinski definition) is 0. The SMILES string of the molecule is CCOP(=S)(Oc1ccc2c(=O)c3ccccc3oc2c1C#N)c1ccc(Cl)cc1. The molecule has 0 amide bonds. The minimum Gasteiger partial charge on any atom is -0.454 e. The van der Waals surface area contributed by atoms with Gasteiger partial charge in [-0.3, -0.25) is 4.79 Å². The smallest absolute Gasteiger partial charge is 0.269 e. The Balaban J connectivity index is 1.90. The molecule has 30 heavy (non-hydrogen) atoms. The Labute approximate surface area is 182 Å². The monoisotopic (exact) mass is 455 g/mol. The fourth-order valence-corrected chi connectivity index (χ4v) is 5.73. The molecular weight excluding hydrogens is 441 g/mol. The van der Waals surface area contributed by atoms with E-state index in [1.54, 1.807) is 60.7 Å². The summed E-state index contributed by atoms with van der Waals surface area (Å²) in [6, 6.07) is 19.0. The lowest BCUT2D eigenvalue weighted by Crippen LogP contribution is -2.13. The number of benzene rings is 3. The van der Waals surface area contributed by atoms with Gasteiger partial charge in [0.15, 0.2) is 5.58 Å². The molecule has 0 radical (unpaired) electrons. The van der Waals surface area contributed by atoms with Gasteiger partial charge in [0.05, 0.1) is 17.4 Å². The Bertz CT molecular complexity index is 1410. The average Bonchev–Trinajstić information content (AvgIpc) is 2.74. The van der Waals surface area contributed by atoms with Crippen LogP contribution in [0.5, 0.6) is 5.75 Å². The van der Waals surface area contributed by atoms with E-state index in [1.165, 1.54) is 0 Å². The standard InChI is InChI=1S/C22H15ClNO4PS/c1-2-26-29(30,15-9-7-14(23)8-10-15)28-20-12-11-17-21(25)16-5-3-4-6-19(16)27-22(17)18(20)13-24/h3-12H,2H2,1H3. The van der Waals surface area contributed by atoms with Crippen molar-refractivity contribution in [3.05, 3.63) is 81.5 Å². The van der Waals surface area contributed by atoms with Gasteiger partial charge in [-0.15, -0.1) is 0 Å². The first-order chi connectivity index (χ1) is 14.5. The Hall–Kier alpha value is -2.68. The number of hydrogen-bond acceptors (Lipinski definition) is 6. The van der Waals surface area contributed by atoms with E-state index in [0.29, 0.717) is 33.3 Å². The van der Waals surface area contributed by atoms with Crippen LogP contribution in [0.3, 0.4) is 0 Å². The number of rotatable bonds is 5. The van der Waals surface area contributed by atoms with Crippen molar-refractivity contribution in [1.82, 2.24) is 0 Å². The second kappa shape index (κ2) is 8.22. The van der Waals surface area contributed by atoms with E-state index in [-0.39, 0.29) is 22.3 Å². The molecule has 1 atom stereocenters. The van der Waals surface area contributed by atoms with Gasteiger partial charge in [-0.1, -0.05) is 23.7 Å². The zero-order valence-electron chi connectivity index (χ0n) is 15.8. The highest BCUT2D eigenvalue weighted by Crippen LogP contribution is 2.49. The third-order valence-corrected chi connectivity index (χ3v) is 7.87. The van der Waals surface area contributed by atoms with Crippen molar-refractivity contribution in [3.63, 3.8) is 0 Å². The summed E-state index contributed by atoms with van der Waals surface area (Å²) in [7, 11) is 0. The van der Waals surface area contributed by atoms with Gasteiger partial charge < -0.3 is 13.5 Å². The van der Waals surface area contributed by atoms with E-state index in [9.17, 15) is 10.1 Å². The lowest BCUT2D eigenvalue weighted by molar-refractivity contribution is 0.339. The molecule has 150 valence electrons. The highest BCUT2D eigenvalue weighted by molar-refractivity contribution is 8.13. The molecule has 0 aliphatic rings. The van der Waals surface area contributed by atoms with Gasteiger partial charge >= 0.3 is 0 Å². The molecule has 3 aromatic carbocycles. The number of halogens is 1. The molecule has 8 heteroatoms. The molecular formula is C22H15ClNO4PS. The second-order valence-electron chi connectivity index (χ2n) is 6.34.